The number of hydrogen-bond donors (Lipinski definition) is 1. The molecule has 0 saturated heterocycles. The Morgan fingerprint density at radius 3 is 2.76 bits per heavy atom. The highest BCUT2D eigenvalue weighted by atomic mass is 16.7. The standard InChI is InChI=1S/C21H19N3O5/c25-20(22-10-11-27-16-4-2-1-3-5-16)13-24-21(26)9-7-17(23-24)15-6-8-18-19(12-15)29-14-28-18/h1-9,12H,10-11,13-14H2,(H,22,25). The van der Waals surface area contributed by atoms with Crippen LogP contribution in [0.5, 0.6) is 17.2 Å². The van der Waals surface area contributed by atoms with Crippen LogP contribution in [0.4, 0.5) is 0 Å². The van der Waals surface area contributed by atoms with Gasteiger partial charge < -0.3 is 19.5 Å². The zero-order valence-corrected chi connectivity index (χ0v) is 15.5. The van der Waals surface area contributed by atoms with Crippen molar-refractivity contribution in [3.8, 4) is 28.5 Å². The summed E-state index contributed by atoms with van der Waals surface area (Å²) in [4.78, 5) is 24.3. The second kappa shape index (κ2) is 8.47. The molecule has 1 N–H and O–H groups in total. The predicted octanol–water partition coefficient (Wildman–Crippen LogP) is 1.83. The number of carbonyl (C=O) groups excluding carboxylic acids is 1. The summed E-state index contributed by atoms with van der Waals surface area (Å²) >= 11 is 0. The Kier molecular flexibility index (Phi) is 5.42. The van der Waals surface area contributed by atoms with Crippen LogP contribution < -0.4 is 25.1 Å². The summed E-state index contributed by atoms with van der Waals surface area (Å²) in [7, 11) is 0. The molecule has 0 bridgehead atoms. The van der Waals surface area contributed by atoms with Gasteiger partial charge in [-0.15, -0.1) is 0 Å². The molecule has 2 aromatic carbocycles. The molecular weight excluding hydrogens is 374 g/mol. The number of nitrogens with zero attached hydrogens (tertiary/aromatic N) is 2. The number of nitrogens with one attached hydrogen (secondary N) is 1. The number of fused-ring (bicyclic) bond motifs is 1. The van der Waals surface area contributed by atoms with E-state index in [1.54, 1.807) is 18.2 Å². The molecule has 1 amide bonds. The average Bonchev–Trinajstić information content (AvgIpc) is 3.21. The van der Waals surface area contributed by atoms with E-state index in [0.717, 1.165) is 16.0 Å². The summed E-state index contributed by atoms with van der Waals surface area (Å²) < 4.78 is 17.3. The van der Waals surface area contributed by atoms with Gasteiger partial charge in [0.15, 0.2) is 11.5 Å². The minimum atomic E-state index is -0.356. The van der Waals surface area contributed by atoms with Crippen LogP contribution in [0, 0.1) is 0 Å². The molecule has 1 aromatic heterocycles. The minimum absolute atomic E-state index is 0.178. The Morgan fingerprint density at radius 2 is 1.90 bits per heavy atom. The SMILES string of the molecule is O=C(Cn1nc(-c2ccc3c(c2)OCO3)ccc1=O)NCCOc1ccccc1. The Balaban J connectivity index is 1.36. The van der Waals surface area contributed by atoms with Gasteiger partial charge in [-0.05, 0) is 36.4 Å². The molecule has 0 aliphatic carbocycles. The van der Waals surface area contributed by atoms with Gasteiger partial charge in [0.2, 0.25) is 12.7 Å². The van der Waals surface area contributed by atoms with Crippen molar-refractivity contribution in [2.45, 2.75) is 6.54 Å². The molecule has 0 saturated carbocycles. The van der Waals surface area contributed by atoms with Crippen molar-refractivity contribution in [2.75, 3.05) is 19.9 Å². The second-order valence-corrected chi connectivity index (χ2v) is 6.29. The molecule has 0 fully saturated rings. The van der Waals surface area contributed by atoms with E-state index in [0.29, 0.717) is 30.3 Å². The molecule has 148 valence electrons. The first kappa shape index (κ1) is 18.5. The van der Waals surface area contributed by atoms with Crippen LogP contribution in [0.2, 0.25) is 0 Å². The van der Waals surface area contributed by atoms with Crippen LogP contribution >= 0.6 is 0 Å². The van der Waals surface area contributed by atoms with Crippen LogP contribution in [0.15, 0.2) is 65.5 Å². The zero-order valence-electron chi connectivity index (χ0n) is 15.5. The molecule has 0 spiro atoms. The van der Waals surface area contributed by atoms with Crippen LogP contribution in [0.3, 0.4) is 0 Å². The lowest BCUT2D eigenvalue weighted by Gasteiger charge is -2.09. The lowest BCUT2D eigenvalue weighted by Crippen LogP contribution is -2.35. The quantitative estimate of drug-likeness (QED) is 0.616. The number of benzene rings is 2. The average molecular weight is 393 g/mol. The normalized spacial score (nSPS) is 11.9. The molecule has 1 aliphatic heterocycles. The Labute approximate surface area is 166 Å². The van der Waals surface area contributed by atoms with Gasteiger partial charge in [-0.3, -0.25) is 9.59 Å². The van der Waals surface area contributed by atoms with Crippen LogP contribution in [-0.4, -0.2) is 35.6 Å². The number of ether oxygens (including phenoxy) is 3. The monoisotopic (exact) mass is 393 g/mol. The van der Waals surface area contributed by atoms with Gasteiger partial charge in [0, 0.05) is 11.6 Å². The summed E-state index contributed by atoms with van der Waals surface area (Å²) in [6.07, 6.45) is 0. The van der Waals surface area contributed by atoms with E-state index in [2.05, 4.69) is 10.4 Å². The minimum Gasteiger partial charge on any atom is -0.492 e. The van der Waals surface area contributed by atoms with Crippen molar-refractivity contribution < 1.29 is 19.0 Å². The smallest absolute Gasteiger partial charge is 0.267 e. The van der Waals surface area contributed by atoms with Crippen LogP contribution in [0.25, 0.3) is 11.3 Å². The van der Waals surface area contributed by atoms with Crippen molar-refractivity contribution in [1.29, 1.82) is 0 Å². The molecule has 3 aromatic rings. The maximum Gasteiger partial charge on any atom is 0.267 e. The summed E-state index contributed by atoms with van der Waals surface area (Å²) in [5, 5.41) is 7.02. The fraction of sp³-hybridized carbons (Fsp3) is 0.190. The third-order valence-corrected chi connectivity index (χ3v) is 4.26. The van der Waals surface area contributed by atoms with Crippen LogP contribution in [0.1, 0.15) is 0 Å². The number of para-hydroxylation sites is 1. The topological polar surface area (TPSA) is 91.7 Å². The van der Waals surface area contributed by atoms with Gasteiger partial charge in [-0.1, -0.05) is 18.2 Å². The van der Waals surface area contributed by atoms with Crippen molar-refractivity contribution in [3.63, 3.8) is 0 Å². The highest BCUT2D eigenvalue weighted by Crippen LogP contribution is 2.35. The van der Waals surface area contributed by atoms with E-state index in [4.69, 9.17) is 14.2 Å². The van der Waals surface area contributed by atoms with Gasteiger partial charge >= 0.3 is 0 Å². The summed E-state index contributed by atoms with van der Waals surface area (Å²) in [5.41, 5.74) is 0.966. The molecule has 8 heteroatoms. The Bertz CT molecular complexity index is 1070. The third-order valence-electron chi connectivity index (χ3n) is 4.26. The van der Waals surface area contributed by atoms with E-state index < -0.39 is 0 Å². The van der Waals surface area contributed by atoms with Gasteiger partial charge in [0.1, 0.15) is 18.9 Å². The van der Waals surface area contributed by atoms with E-state index in [9.17, 15) is 9.59 Å². The van der Waals surface area contributed by atoms with Gasteiger partial charge in [0.05, 0.1) is 12.2 Å². The molecule has 0 atom stereocenters. The predicted molar refractivity (Wildman–Crippen MR) is 105 cm³/mol. The lowest BCUT2D eigenvalue weighted by molar-refractivity contribution is -0.122. The molecule has 4 rings (SSSR count). The van der Waals surface area contributed by atoms with E-state index in [-0.39, 0.29) is 24.8 Å². The molecule has 29 heavy (non-hydrogen) atoms. The van der Waals surface area contributed by atoms with Crippen molar-refractivity contribution in [2.24, 2.45) is 0 Å². The number of aromatic nitrogens is 2. The molecule has 2 heterocycles. The molecular formula is C21H19N3O5. The first-order valence-corrected chi connectivity index (χ1v) is 9.12. The van der Waals surface area contributed by atoms with E-state index >= 15 is 0 Å². The summed E-state index contributed by atoms with van der Waals surface area (Å²) in [6, 6.07) is 17.7. The maximum atomic E-state index is 12.2. The van der Waals surface area contributed by atoms with E-state index in [1.165, 1.54) is 6.07 Å². The largest absolute Gasteiger partial charge is 0.492 e. The van der Waals surface area contributed by atoms with Crippen molar-refractivity contribution in [3.05, 3.63) is 71.0 Å². The fourth-order valence-electron chi connectivity index (χ4n) is 2.84. The first-order valence-electron chi connectivity index (χ1n) is 9.12. The van der Waals surface area contributed by atoms with Crippen molar-refractivity contribution >= 4 is 5.91 Å². The Hall–Kier alpha value is -3.81. The number of rotatable bonds is 7. The van der Waals surface area contributed by atoms with Crippen LogP contribution in [-0.2, 0) is 11.3 Å². The highest BCUT2D eigenvalue weighted by Gasteiger charge is 2.15. The summed E-state index contributed by atoms with van der Waals surface area (Å²) in [6.45, 7) is 0.655. The fourth-order valence-corrected chi connectivity index (χ4v) is 2.84. The van der Waals surface area contributed by atoms with Crippen molar-refractivity contribution in [1.82, 2.24) is 15.1 Å². The Morgan fingerprint density at radius 1 is 1.07 bits per heavy atom. The van der Waals surface area contributed by atoms with Gasteiger partial charge in [-0.25, -0.2) is 4.68 Å². The second-order valence-electron chi connectivity index (χ2n) is 6.29. The molecule has 8 nitrogen and oxygen atoms in total. The summed E-state index contributed by atoms with van der Waals surface area (Å²) in [5.74, 6) is 1.70. The van der Waals surface area contributed by atoms with E-state index in [1.807, 2.05) is 36.4 Å². The highest BCUT2D eigenvalue weighted by molar-refractivity contribution is 5.75. The maximum absolute atomic E-state index is 12.2. The number of carbonyl (C=O) groups is 1. The zero-order chi connectivity index (χ0) is 20.1. The molecule has 0 unspecified atom stereocenters. The number of hydrogen-bond acceptors (Lipinski definition) is 6. The number of amides is 1. The van der Waals surface area contributed by atoms with Gasteiger partial charge in [0.25, 0.3) is 5.56 Å². The molecule has 0 radical (unpaired) electrons. The molecule has 1 aliphatic rings. The lowest BCUT2D eigenvalue weighted by atomic mass is 10.1. The first-order chi connectivity index (χ1) is 14.2. The van der Waals surface area contributed by atoms with Gasteiger partial charge in [-0.2, -0.15) is 5.10 Å². The third kappa shape index (κ3) is 4.55.